The van der Waals surface area contributed by atoms with E-state index >= 15 is 0 Å². The monoisotopic (exact) mass is 266 g/mol. The van der Waals surface area contributed by atoms with Crippen LogP contribution in [0.4, 0.5) is 0 Å². The van der Waals surface area contributed by atoms with Crippen LogP contribution < -0.4 is 4.74 Å². The molecule has 0 heterocycles. The molecule has 0 spiro atoms. The van der Waals surface area contributed by atoms with Gasteiger partial charge >= 0.3 is 0 Å². The maximum Gasteiger partial charge on any atom is 0.200 e. The van der Waals surface area contributed by atoms with Crippen LogP contribution >= 0.6 is 0 Å². The van der Waals surface area contributed by atoms with Gasteiger partial charge in [0.1, 0.15) is 11.5 Å². The lowest BCUT2D eigenvalue weighted by Gasteiger charge is -2.09. The van der Waals surface area contributed by atoms with Gasteiger partial charge in [0.15, 0.2) is 23.0 Å². The first kappa shape index (κ1) is 12.5. The van der Waals surface area contributed by atoms with Crippen LogP contribution in [0, 0.1) is 0 Å². The molecule has 0 aliphatic heterocycles. The Morgan fingerprint density at radius 3 is 1.05 bits per heavy atom. The van der Waals surface area contributed by atoms with E-state index in [0.29, 0.717) is 0 Å². The van der Waals surface area contributed by atoms with E-state index in [1.54, 1.807) is 0 Å². The number of hydrogen-bond donors (Lipinski definition) is 6. The molecule has 2 rings (SSSR count). The summed E-state index contributed by atoms with van der Waals surface area (Å²) in [5.74, 6) is -3.85. The smallest absolute Gasteiger partial charge is 0.200 e. The minimum Gasteiger partial charge on any atom is -0.504 e. The highest BCUT2D eigenvalue weighted by molar-refractivity contribution is 5.56. The Hall–Kier alpha value is -2.96. The Labute approximate surface area is 106 Å². The molecule has 0 aliphatic carbocycles. The normalized spacial score (nSPS) is 10.3. The molecule has 100 valence electrons. The van der Waals surface area contributed by atoms with Crippen molar-refractivity contribution >= 4 is 0 Å². The van der Waals surface area contributed by atoms with Gasteiger partial charge in [0, 0.05) is 24.3 Å². The average molecular weight is 266 g/mol. The maximum atomic E-state index is 9.28. The molecule has 0 aliphatic rings. The van der Waals surface area contributed by atoms with Gasteiger partial charge in [0.05, 0.1) is 0 Å². The Morgan fingerprint density at radius 2 is 0.789 bits per heavy atom. The van der Waals surface area contributed by atoms with Gasteiger partial charge in [-0.05, 0) is 0 Å². The van der Waals surface area contributed by atoms with Crippen molar-refractivity contribution in [3.05, 3.63) is 24.3 Å². The molecule has 0 saturated heterocycles. The fraction of sp³-hybridized carbons (Fsp3) is 0. The Bertz CT molecular complexity index is 534. The first-order valence-corrected chi connectivity index (χ1v) is 5.06. The van der Waals surface area contributed by atoms with Crippen molar-refractivity contribution in [3.63, 3.8) is 0 Å². The van der Waals surface area contributed by atoms with Gasteiger partial charge in [-0.3, -0.25) is 0 Å². The van der Waals surface area contributed by atoms with Crippen molar-refractivity contribution in [1.82, 2.24) is 0 Å². The lowest BCUT2D eigenvalue weighted by molar-refractivity contribution is 0.356. The number of rotatable bonds is 2. The summed E-state index contributed by atoms with van der Waals surface area (Å²) in [5.41, 5.74) is 0. The lowest BCUT2D eigenvalue weighted by Crippen LogP contribution is -1.85. The quantitative estimate of drug-likeness (QED) is 0.456. The van der Waals surface area contributed by atoms with Gasteiger partial charge in [-0.15, -0.1) is 0 Å². The molecular weight excluding hydrogens is 256 g/mol. The zero-order valence-corrected chi connectivity index (χ0v) is 9.40. The minimum absolute atomic E-state index is 0.0442. The van der Waals surface area contributed by atoms with E-state index in [-0.39, 0.29) is 11.5 Å². The second-order valence-electron chi connectivity index (χ2n) is 3.72. The Balaban J connectivity index is 2.36. The average Bonchev–Trinajstić information content (AvgIpc) is 2.33. The fourth-order valence-corrected chi connectivity index (χ4v) is 1.41. The molecule has 7 nitrogen and oxygen atoms in total. The molecular formula is C12H10O7. The third-order valence-electron chi connectivity index (χ3n) is 2.32. The van der Waals surface area contributed by atoms with E-state index in [0.717, 1.165) is 24.3 Å². The van der Waals surface area contributed by atoms with Crippen LogP contribution in [0.1, 0.15) is 0 Å². The van der Waals surface area contributed by atoms with E-state index in [9.17, 15) is 20.4 Å². The summed E-state index contributed by atoms with van der Waals surface area (Å²) in [5, 5.41) is 55.4. The van der Waals surface area contributed by atoms with Crippen LogP contribution in [0.25, 0.3) is 0 Å². The van der Waals surface area contributed by atoms with E-state index in [1.165, 1.54) is 0 Å². The number of ether oxygens (including phenoxy) is 1. The van der Waals surface area contributed by atoms with Crippen LogP contribution in [0.5, 0.6) is 46.0 Å². The predicted octanol–water partition coefficient (Wildman–Crippen LogP) is 1.71. The van der Waals surface area contributed by atoms with E-state index in [4.69, 9.17) is 14.9 Å². The van der Waals surface area contributed by atoms with Gasteiger partial charge in [0.25, 0.3) is 0 Å². The SMILES string of the molecule is Oc1cc(Oc2cc(O)c(O)c(O)c2)cc(O)c1O. The zero-order valence-electron chi connectivity index (χ0n) is 9.40. The topological polar surface area (TPSA) is 131 Å². The largest absolute Gasteiger partial charge is 0.504 e. The van der Waals surface area contributed by atoms with Crippen LogP contribution in [-0.2, 0) is 0 Å². The summed E-state index contributed by atoms with van der Waals surface area (Å²) >= 11 is 0. The summed E-state index contributed by atoms with van der Waals surface area (Å²) in [6.45, 7) is 0. The number of hydrogen-bond acceptors (Lipinski definition) is 7. The number of benzene rings is 2. The van der Waals surface area contributed by atoms with Crippen molar-refractivity contribution in [2.45, 2.75) is 0 Å². The molecule has 6 N–H and O–H groups in total. The molecule has 19 heavy (non-hydrogen) atoms. The van der Waals surface area contributed by atoms with Gasteiger partial charge in [-0.2, -0.15) is 0 Å². The summed E-state index contributed by atoms with van der Waals surface area (Å²) in [4.78, 5) is 0. The molecule has 0 aromatic heterocycles. The standard InChI is InChI=1S/C12H10O7/c13-7-1-5(2-8(14)11(7)17)19-6-3-9(15)12(18)10(16)4-6/h1-4,13-18H. The Kier molecular flexibility index (Phi) is 2.88. The predicted molar refractivity (Wildman–Crippen MR) is 62.9 cm³/mol. The molecule has 0 amide bonds. The third-order valence-corrected chi connectivity index (χ3v) is 2.32. The first-order chi connectivity index (χ1) is 8.88. The molecule has 0 fully saturated rings. The fourth-order valence-electron chi connectivity index (χ4n) is 1.41. The van der Waals surface area contributed by atoms with Crippen molar-refractivity contribution < 1.29 is 35.4 Å². The second-order valence-corrected chi connectivity index (χ2v) is 3.72. The molecule has 0 atom stereocenters. The van der Waals surface area contributed by atoms with Crippen molar-refractivity contribution in [2.75, 3.05) is 0 Å². The van der Waals surface area contributed by atoms with E-state index < -0.39 is 34.5 Å². The first-order valence-electron chi connectivity index (χ1n) is 5.06. The van der Waals surface area contributed by atoms with Crippen molar-refractivity contribution in [3.8, 4) is 46.0 Å². The summed E-state index contributed by atoms with van der Waals surface area (Å²) in [6.07, 6.45) is 0. The van der Waals surface area contributed by atoms with Crippen LogP contribution in [0.3, 0.4) is 0 Å². The van der Waals surface area contributed by atoms with E-state index in [1.807, 2.05) is 0 Å². The second kappa shape index (κ2) is 4.37. The van der Waals surface area contributed by atoms with Crippen LogP contribution in [-0.4, -0.2) is 30.6 Å². The molecule has 0 bridgehead atoms. The van der Waals surface area contributed by atoms with Crippen molar-refractivity contribution in [2.24, 2.45) is 0 Å². The molecule has 7 heteroatoms. The molecule has 0 radical (unpaired) electrons. The van der Waals surface area contributed by atoms with Gasteiger partial charge < -0.3 is 35.4 Å². The van der Waals surface area contributed by atoms with Gasteiger partial charge in [-0.25, -0.2) is 0 Å². The summed E-state index contributed by atoms with van der Waals surface area (Å²) in [7, 11) is 0. The summed E-state index contributed by atoms with van der Waals surface area (Å²) in [6, 6.07) is 4.10. The summed E-state index contributed by atoms with van der Waals surface area (Å²) < 4.78 is 5.15. The van der Waals surface area contributed by atoms with Crippen LogP contribution in [0.2, 0.25) is 0 Å². The highest BCUT2D eigenvalue weighted by atomic mass is 16.5. The molecule has 2 aromatic carbocycles. The van der Waals surface area contributed by atoms with Crippen LogP contribution in [0.15, 0.2) is 24.3 Å². The highest BCUT2D eigenvalue weighted by Crippen LogP contribution is 2.42. The highest BCUT2D eigenvalue weighted by Gasteiger charge is 2.12. The number of aromatic hydroxyl groups is 6. The molecule has 0 unspecified atom stereocenters. The molecule has 0 saturated carbocycles. The number of phenols is 6. The third kappa shape index (κ3) is 2.34. The van der Waals surface area contributed by atoms with Gasteiger partial charge in [0.2, 0.25) is 11.5 Å². The lowest BCUT2D eigenvalue weighted by atomic mass is 10.2. The van der Waals surface area contributed by atoms with Crippen molar-refractivity contribution in [1.29, 1.82) is 0 Å². The number of phenolic OH excluding ortho intramolecular Hbond substituents is 6. The minimum atomic E-state index is -0.691. The Morgan fingerprint density at radius 1 is 0.526 bits per heavy atom. The maximum absolute atomic E-state index is 9.28. The van der Waals surface area contributed by atoms with E-state index in [2.05, 4.69) is 0 Å². The zero-order chi connectivity index (χ0) is 14.2. The molecule has 2 aromatic rings. The van der Waals surface area contributed by atoms with Gasteiger partial charge in [-0.1, -0.05) is 0 Å².